The fourth-order valence-corrected chi connectivity index (χ4v) is 2.90. The second-order valence-corrected chi connectivity index (χ2v) is 6.20. The van der Waals surface area contributed by atoms with Gasteiger partial charge in [0.1, 0.15) is 11.6 Å². The lowest BCUT2D eigenvalue weighted by Gasteiger charge is -2.31. The van der Waals surface area contributed by atoms with Gasteiger partial charge >= 0.3 is 0 Å². The topological polar surface area (TPSA) is 54.2 Å². The lowest BCUT2D eigenvalue weighted by Crippen LogP contribution is -2.35. The van der Waals surface area contributed by atoms with Crippen LogP contribution in [0, 0.1) is 25.7 Å². The summed E-state index contributed by atoms with van der Waals surface area (Å²) in [6.45, 7) is 7.60. The largest absolute Gasteiger partial charge is 0.444 e. The molecule has 3 heterocycles. The van der Waals surface area contributed by atoms with Crippen molar-refractivity contribution >= 4 is 5.82 Å². The van der Waals surface area contributed by atoms with Crippen LogP contribution in [0.15, 0.2) is 22.6 Å². The zero-order valence-corrected chi connectivity index (χ0v) is 13.7. The third-order valence-electron chi connectivity index (χ3n) is 4.43. The SMILES string of the molecule is Cc1nc(CN2CCC(CNc3cccc(F)n3)CC2)oc1C. The second kappa shape index (κ2) is 7.08. The maximum absolute atomic E-state index is 13.0. The van der Waals surface area contributed by atoms with Crippen LogP contribution in [0.3, 0.4) is 0 Å². The standard InChI is InChI=1S/C17H23FN4O/c1-12-13(2)23-17(20-12)11-22-8-6-14(7-9-22)10-19-16-5-3-4-15(18)21-16/h3-5,14H,6-11H2,1-2H3,(H,19,21). The van der Waals surface area contributed by atoms with Crippen molar-refractivity contribution in [2.24, 2.45) is 5.92 Å². The molecule has 0 radical (unpaired) electrons. The molecule has 0 amide bonds. The average Bonchev–Trinajstić information content (AvgIpc) is 2.85. The molecule has 1 aliphatic rings. The van der Waals surface area contributed by atoms with E-state index in [-0.39, 0.29) is 0 Å². The minimum atomic E-state index is -0.443. The summed E-state index contributed by atoms with van der Waals surface area (Å²) in [5, 5.41) is 3.23. The fraction of sp³-hybridized carbons (Fsp3) is 0.529. The van der Waals surface area contributed by atoms with Crippen LogP contribution in [0.5, 0.6) is 0 Å². The van der Waals surface area contributed by atoms with Crippen LogP contribution in [0.1, 0.15) is 30.2 Å². The molecule has 1 N–H and O–H groups in total. The highest BCUT2D eigenvalue weighted by atomic mass is 19.1. The highest BCUT2D eigenvalue weighted by molar-refractivity contribution is 5.33. The predicted octanol–water partition coefficient (Wildman–Crippen LogP) is 3.15. The molecule has 1 aliphatic heterocycles. The number of likely N-dealkylation sites (tertiary alicyclic amines) is 1. The van der Waals surface area contributed by atoms with Crippen LogP contribution in [0.4, 0.5) is 10.2 Å². The van der Waals surface area contributed by atoms with Gasteiger partial charge < -0.3 is 9.73 Å². The summed E-state index contributed by atoms with van der Waals surface area (Å²) in [6, 6.07) is 4.83. The van der Waals surface area contributed by atoms with E-state index in [0.29, 0.717) is 11.7 Å². The van der Waals surface area contributed by atoms with Crippen LogP contribution in [0.2, 0.25) is 0 Å². The highest BCUT2D eigenvalue weighted by Gasteiger charge is 2.20. The van der Waals surface area contributed by atoms with Crippen molar-refractivity contribution in [3.05, 3.63) is 41.5 Å². The van der Waals surface area contributed by atoms with Gasteiger partial charge in [0.15, 0.2) is 0 Å². The Morgan fingerprint density at radius 1 is 1.26 bits per heavy atom. The van der Waals surface area contributed by atoms with Crippen LogP contribution < -0.4 is 5.32 Å². The van der Waals surface area contributed by atoms with Crippen molar-refractivity contribution in [2.75, 3.05) is 25.0 Å². The summed E-state index contributed by atoms with van der Waals surface area (Å²) in [6.07, 6.45) is 2.22. The molecule has 0 atom stereocenters. The Labute approximate surface area is 135 Å². The average molecular weight is 318 g/mol. The Hall–Kier alpha value is -1.95. The van der Waals surface area contributed by atoms with Gasteiger partial charge in [0, 0.05) is 6.54 Å². The molecule has 1 saturated heterocycles. The van der Waals surface area contributed by atoms with Gasteiger partial charge in [-0.1, -0.05) is 6.07 Å². The number of halogens is 1. The minimum absolute atomic E-state index is 0.443. The van der Waals surface area contributed by atoms with Crippen LogP contribution in [0.25, 0.3) is 0 Å². The van der Waals surface area contributed by atoms with E-state index >= 15 is 0 Å². The van der Waals surface area contributed by atoms with Gasteiger partial charge in [0.2, 0.25) is 11.8 Å². The summed E-state index contributed by atoms with van der Waals surface area (Å²) >= 11 is 0. The third-order valence-corrected chi connectivity index (χ3v) is 4.43. The Balaban J connectivity index is 1.43. The number of piperidine rings is 1. The Bertz CT molecular complexity index is 630. The van der Waals surface area contributed by atoms with Crippen molar-refractivity contribution in [3.63, 3.8) is 0 Å². The summed E-state index contributed by atoms with van der Waals surface area (Å²) < 4.78 is 18.7. The molecule has 0 unspecified atom stereocenters. The number of nitrogens with zero attached hydrogens (tertiary/aromatic N) is 3. The van der Waals surface area contributed by atoms with E-state index in [2.05, 4.69) is 20.2 Å². The summed E-state index contributed by atoms with van der Waals surface area (Å²) in [5.74, 6) is 2.46. The molecule has 5 nitrogen and oxygen atoms in total. The van der Waals surface area contributed by atoms with Gasteiger partial charge in [-0.25, -0.2) is 9.97 Å². The first-order chi connectivity index (χ1) is 11.1. The quantitative estimate of drug-likeness (QED) is 0.858. The fourth-order valence-electron chi connectivity index (χ4n) is 2.90. The van der Waals surface area contributed by atoms with Gasteiger partial charge in [-0.05, 0) is 57.8 Å². The maximum Gasteiger partial charge on any atom is 0.214 e. The van der Waals surface area contributed by atoms with Gasteiger partial charge in [-0.2, -0.15) is 4.39 Å². The summed E-state index contributed by atoms with van der Waals surface area (Å²) in [7, 11) is 0. The van der Waals surface area contributed by atoms with Crippen molar-refractivity contribution in [1.82, 2.24) is 14.9 Å². The molecule has 0 spiro atoms. The van der Waals surface area contributed by atoms with Gasteiger partial charge in [0.05, 0.1) is 12.2 Å². The van der Waals surface area contributed by atoms with Crippen LogP contribution in [-0.2, 0) is 6.54 Å². The zero-order chi connectivity index (χ0) is 16.2. The van der Waals surface area contributed by atoms with E-state index in [1.54, 1.807) is 12.1 Å². The first-order valence-corrected chi connectivity index (χ1v) is 8.12. The number of pyridine rings is 1. The predicted molar refractivity (Wildman–Crippen MR) is 86.7 cm³/mol. The maximum atomic E-state index is 13.0. The number of hydrogen-bond acceptors (Lipinski definition) is 5. The summed E-state index contributed by atoms with van der Waals surface area (Å²) in [5.41, 5.74) is 0.974. The van der Waals surface area contributed by atoms with Gasteiger partial charge in [-0.15, -0.1) is 0 Å². The molecule has 0 saturated carbocycles. The van der Waals surface area contributed by atoms with E-state index in [0.717, 1.165) is 56.4 Å². The highest BCUT2D eigenvalue weighted by Crippen LogP contribution is 2.20. The number of rotatable bonds is 5. The molecule has 3 rings (SSSR count). The van der Waals surface area contributed by atoms with E-state index in [9.17, 15) is 4.39 Å². The first kappa shape index (κ1) is 15.9. The zero-order valence-electron chi connectivity index (χ0n) is 13.7. The molecular formula is C17H23FN4O. The van der Waals surface area contributed by atoms with Crippen molar-refractivity contribution < 1.29 is 8.81 Å². The second-order valence-electron chi connectivity index (χ2n) is 6.20. The molecule has 0 bridgehead atoms. The van der Waals surface area contributed by atoms with E-state index in [4.69, 9.17) is 4.42 Å². The summed E-state index contributed by atoms with van der Waals surface area (Å²) in [4.78, 5) is 10.6. The smallest absolute Gasteiger partial charge is 0.214 e. The molecule has 2 aromatic heterocycles. The number of aromatic nitrogens is 2. The Morgan fingerprint density at radius 3 is 2.70 bits per heavy atom. The molecule has 6 heteroatoms. The molecular weight excluding hydrogens is 295 g/mol. The molecule has 2 aromatic rings. The molecule has 1 fully saturated rings. The lowest BCUT2D eigenvalue weighted by molar-refractivity contribution is 0.167. The molecule has 23 heavy (non-hydrogen) atoms. The van der Waals surface area contributed by atoms with Crippen molar-refractivity contribution in [2.45, 2.75) is 33.2 Å². The molecule has 0 aromatic carbocycles. The number of oxazole rings is 1. The van der Waals surface area contributed by atoms with Gasteiger partial charge in [0.25, 0.3) is 0 Å². The first-order valence-electron chi connectivity index (χ1n) is 8.12. The molecule has 0 aliphatic carbocycles. The van der Waals surface area contributed by atoms with E-state index in [1.165, 1.54) is 6.07 Å². The third kappa shape index (κ3) is 4.28. The van der Waals surface area contributed by atoms with Crippen LogP contribution in [-0.4, -0.2) is 34.5 Å². The van der Waals surface area contributed by atoms with E-state index in [1.807, 2.05) is 13.8 Å². The van der Waals surface area contributed by atoms with Gasteiger partial charge in [-0.3, -0.25) is 4.90 Å². The number of aryl methyl sites for hydroxylation is 2. The normalized spacial score (nSPS) is 16.7. The van der Waals surface area contributed by atoms with Crippen LogP contribution >= 0.6 is 0 Å². The number of nitrogens with one attached hydrogen (secondary N) is 1. The number of hydrogen-bond donors (Lipinski definition) is 1. The Kier molecular flexibility index (Phi) is 4.91. The van der Waals surface area contributed by atoms with Crippen molar-refractivity contribution in [3.8, 4) is 0 Å². The monoisotopic (exact) mass is 318 g/mol. The number of anilines is 1. The Morgan fingerprint density at radius 2 is 2.04 bits per heavy atom. The van der Waals surface area contributed by atoms with Crippen molar-refractivity contribution in [1.29, 1.82) is 0 Å². The molecule has 124 valence electrons. The minimum Gasteiger partial charge on any atom is -0.444 e. The van der Waals surface area contributed by atoms with E-state index < -0.39 is 5.95 Å². The lowest BCUT2D eigenvalue weighted by atomic mass is 9.97.